The minimum Gasteiger partial charge on any atom is -0.507 e. The van der Waals surface area contributed by atoms with Crippen molar-refractivity contribution in [3.63, 3.8) is 0 Å². The van der Waals surface area contributed by atoms with Gasteiger partial charge >= 0.3 is 0 Å². The van der Waals surface area contributed by atoms with Crippen molar-refractivity contribution in [2.24, 2.45) is 0 Å². The van der Waals surface area contributed by atoms with Crippen LogP contribution in [0.5, 0.6) is 5.75 Å². The van der Waals surface area contributed by atoms with Crippen LogP contribution < -0.4 is 20.2 Å². The number of rotatable bonds is 1. The van der Waals surface area contributed by atoms with E-state index in [0.717, 1.165) is 33.8 Å². The molecule has 0 radical (unpaired) electrons. The maximum absolute atomic E-state index is 11.9. The highest BCUT2D eigenvalue weighted by Gasteiger charge is 2.29. The first kappa shape index (κ1) is 22.2. The van der Waals surface area contributed by atoms with Crippen molar-refractivity contribution >= 4 is 28.1 Å². The summed E-state index contributed by atoms with van der Waals surface area (Å²) in [6.07, 6.45) is 0. The van der Waals surface area contributed by atoms with Crippen LogP contribution in [0, 0.1) is 10.1 Å². The summed E-state index contributed by atoms with van der Waals surface area (Å²) in [5, 5.41) is 31.9. The molecule has 2 aromatic heterocycles. The summed E-state index contributed by atoms with van der Waals surface area (Å²) in [5.41, 5.74) is 9.51. The van der Waals surface area contributed by atoms with Crippen LogP contribution in [0.4, 0.5) is 17.1 Å². The van der Waals surface area contributed by atoms with Gasteiger partial charge in [0, 0.05) is 23.3 Å². The molecule has 11 heteroatoms. The number of hydrazine groups is 2. The van der Waals surface area contributed by atoms with E-state index in [4.69, 9.17) is 10.2 Å². The fourth-order valence-corrected chi connectivity index (χ4v) is 5.22. The first-order valence-electron chi connectivity index (χ1n) is 12.2. The van der Waals surface area contributed by atoms with Crippen LogP contribution in [0.2, 0.25) is 0 Å². The van der Waals surface area contributed by atoms with Gasteiger partial charge in [-0.2, -0.15) is 0 Å². The summed E-state index contributed by atoms with van der Waals surface area (Å²) >= 11 is 0. The molecule has 0 aliphatic carbocycles. The first-order valence-corrected chi connectivity index (χ1v) is 12.2. The molecule has 2 N–H and O–H groups in total. The zero-order valence-electron chi connectivity index (χ0n) is 20.2. The molecule has 5 aromatic rings. The lowest BCUT2D eigenvalue weighted by atomic mass is 10.1. The van der Waals surface area contributed by atoms with E-state index in [1.165, 1.54) is 12.1 Å². The number of nitro benzene ring substituents is 1. The van der Waals surface area contributed by atoms with Gasteiger partial charge in [-0.15, -0.1) is 14.9 Å². The van der Waals surface area contributed by atoms with Crippen LogP contribution in [-0.2, 0) is 26.2 Å². The van der Waals surface area contributed by atoms with E-state index >= 15 is 0 Å². The highest BCUT2D eigenvalue weighted by atomic mass is 16.6. The third-order valence-electron chi connectivity index (χ3n) is 6.97. The normalized spacial score (nSPS) is 14.5. The monoisotopic (exact) mass is 507 g/mol. The zero-order chi connectivity index (χ0) is 25.8. The lowest BCUT2D eigenvalue weighted by Gasteiger charge is -2.23. The Bertz CT molecular complexity index is 1730. The molecule has 4 heterocycles. The third-order valence-corrected chi connectivity index (χ3v) is 6.97. The van der Waals surface area contributed by atoms with Gasteiger partial charge in [0.15, 0.2) is 17.6 Å². The second kappa shape index (κ2) is 8.53. The number of para-hydroxylation sites is 4. The predicted octanol–water partition coefficient (Wildman–Crippen LogP) is 3.19. The number of aromatic hydroxyl groups is 1. The van der Waals surface area contributed by atoms with Gasteiger partial charge < -0.3 is 5.11 Å². The lowest BCUT2D eigenvalue weighted by Crippen LogP contribution is -2.43. The van der Waals surface area contributed by atoms with Gasteiger partial charge in [-0.3, -0.25) is 25.1 Å². The van der Waals surface area contributed by atoms with E-state index in [9.17, 15) is 15.2 Å². The van der Waals surface area contributed by atoms with Crippen LogP contribution in [0.3, 0.4) is 0 Å². The number of fused-ring (bicyclic) bond motifs is 14. The number of anilines is 2. The quantitative estimate of drug-likeness (QED) is 0.202. The molecule has 0 fully saturated rings. The Morgan fingerprint density at radius 2 is 1.55 bits per heavy atom. The van der Waals surface area contributed by atoms with Crippen LogP contribution >= 0.6 is 0 Å². The van der Waals surface area contributed by atoms with Gasteiger partial charge in [0.1, 0.15) is 12.3 Å². The zero-order valence-corrected chi connectivity index (χ0v) is 20.2. The van der Waals surface area contributed by atoms with Crippen molar-refractivity contribution in [1.29, 1.82) is 0 Å². The maximum atomic E-state index is 11.9. The van der Waals surface area contributed by atoms with Gasteiger partial charge in [-0.05, 0) is 36.4 Å². The summed E-state index contributed by atoms with van der Waals surface area (Å²) in [7, 11) is 0. The number of phenols is 1. The van der Waals surface area contributed by atoms with Gasteiger partial charge in [0.2, 0.25) is 0 Å². The van der Waals surface area contributed by atoms with Crippen LogP contribution in [0.25, 0.3) is 11.0 Å². The van der Waals surface area contributed by atoms with Gasteiger partial charge in [-0.25, -0.2) is 0 Å². The van der Waals surface area contributed by atoms with E-state index in [2.05, 4.69) is 5.53 Å². The Labute approximate surface area is 216 Å². The van der Waals surface area contributed by atoms with E-state index in [0.29, 0.717) is 24.2 Å². The Morgan fingerprint density at radius 3 is 2.34 bits per heavy atom. The molecule has 0 amide bonds. The molecule has 38 heavy (non-hydrogen) atoms. The third kappa shape index (κ3) is 3.68. The standard InChI is InChI=1S/C27H22N8O3/c36-27-18-12-22(35(37)38)13-19(27)15-32-24-9-2-4-11-26(24)34(30-32)17-21-7-5-6-20(28-21)16-33-25-10-3-1-8-23(25)31(14-18)29-33/h1-13,29H,14-17H2/p+1. The van der Waals surface area contributed by atoms with E-state index in [1.807, 2.05) is 81.4 Å². The second-order valence-electron chi connectivity index (χ2n) is 9.44. The Morgan fingerprint density at radius 1 is 0.868 bits per heavy atom. The molecule has 7 rings (SSSR count). The molecule has 188 valence electrons. The van der Waals surface area contributed by atoms with Crippen LogP contribution in [0.1, 0.15) is 22.5 Å². The minimum absolute atomic E-state index is 0.0124. The number of pyridine rings is 1. The van der Waals surface area contributed by atoms with Crippen molar-refractivity contribution in [2.45, 2.75) is 26.2 Å². The summed E-state index contributed by atoms with van der Waals surface area (Å²) in [5.74, 6) is 0.0124. The Kier molecular flexibility index (Phi) is 4.98. The minimum atomic E-state index is -0.429. The summed E-state index contributed by atoms with van der Waals surface area (Å²) in [6.45, 7) is 1.32. The largest absolute Gasteiger partial charge is 0.507 e. The average molecular weight is 508 g/mol. The van der Waals surface area contributed by atoms with Crippen molar-refractivity contribution in [2.75, 3.05) is 10.0 Å². The van der Waals surface area contributed by atoms with E-state index in [1.54, 1.807) is 4.68 Å². The molecular weight excluding hydrogens is 484 g/mol. The molecular formula is C27H23N8O3+. The predicted molar refractivity (Wildman–Crippen MR) is 139 cm³/mol. The topological polar surface area (TPSA) is 116 Å². The number of phenolic OH excluding ortho intramolecular Hbond substituents is 1. The summed E-state index contributed by atoms with van der Waals surface area (Å²) in [6, 6.07) is 24.5. The molecule has 2 aliphatic heterocycles. The first-order chi connectivity index (χ1) is 18.5. The number of hydrogen-bond donors (Lipinski definition) is 2. The maximum Gasteiger partial charge on any atom is 0.270 e. The van der Waals surface area contributed by atoms with Crippen molar-refractivity contribution in [1.82, 2.24) is 20.4 Å². The molecule has 11 nitrogen and oxygen atoms in total. The molecule has 3 aromatic carbocycles. The Hall–Kier alpha value is -5.03. The number of nitrogens with zero attached hydrogens (tertiary/aromatic N) is 7. The highest BCUT2D eigenvalue weighted by Crippen LogP contribution is 2.37. The van der Waals surface area contributed by atoms with Gasteiger partial charge in [0.25, 0.3) is 5.69 Å². The summed E-state index contributed by atoms with van der Waals surface area (Å²) < 4.78 is 3.63. The number of hydrogen-bond acceptors (Lipinski definition) is 8. The van der Waals surface area contributed by atoms with Crippen LogP contribution in [0.15, 0.2) is 78.9 Å². The SMILES string of the molecule is O=[N+]([O-])c1cc2c(O)c(c1)C[n+]1nn(c3ccccc31)Cc1cccc(n1)CN1NN(C2)c2ccccc21. The molecule has 0 saturated heterocycles. The molecule has 2 aliphatic rings. The van der Waals surface area contributed by atoms with Crippen molar-refractivity contribution in [3.05, 3.63) is 111 Å². The fourth-order valence-electron chi connectivity index (χ4n) is 5.22. The van der Waals surface area contributed by atoms with Crippen LogP contribution in [-0.4, -0.2) is 24.9 Å². The molecule has 0 spiro atoms. The molecule has 8 bridgehead atoms. The number of benzene rings is 3. The van der Waals surface area contributed by atoms with Crippen molar-refractivity contribution in [3.8, 4) is 5.75 Å². The molecule has 0 unspecified atom stereocenters. The second-order valence-corrected chi connectivity index (χ2v) is 9.44. The smallest absolute Gasteiger partial charge is 0.270 e. The molecule has 0 atom stereocenters. The van der Waals surface area contributed by atoms with Crippen molar-refractivity contribution < 1.29 is 14.7 Å². The highest BCUT2D eigenvalue weighted by molar-refractivity contribution is 5.74. The van der Waals surface area contributed by atoms with Gasteiger partial charge in [0.05, 0.1) is 46.0 Å². The summed E-state index contributed by atoms with van der Waals surface area (Å²) in [4.78, 5) is 16.3. The average Bonchev–Trinajstić information content (AvgIpc) is 3.44. The number of nitro groups is 1. The van der Waals surface area contributed by atoms with E-state index in [-0.39, 0.29) is 24.5 Å². The number of aromatic nitrogens is 4. The fraction of sp³-hybridized carbons (Fsp3) is 0.148. The number of non-ortho nitro benzene ring substituents is 1. The lowest BCUT2D eigenvalue weighted by molar-refractivity contribution is -0.724. The molecule has 0 saturated carbocycles. The number of nitrogens with one attached hydrogen (secondary N) is 1. The van der Waals surface area contributed by atoms with Gasteiger partial charge in [-0.1, -0.05) is 30.3 Å². The Balaban J connectivity index is 1.43. The van der Waals surface area contributed by atoms with E-state index < -0.39 is 4.92 Å².